The number of nitrogens with one attached hydrogen (secondary N) is 1. The molecule has 1 aliphatic rings. The fourth-order valence-electron chi connectivity index (χ4n) is 3.44. The molecule has 0 radical (unpaired) electrons. The lowest BCUT2D eigenvalue weighted by Crippen LogP contribution is -2.38. The zero-order chi connectivity index (χ0) is 18.2. The van der Waals surface area contributed by atoms with Gasteiger partial charge in [0, 0.05) is 26.0 Å². The molecule has 1 aliphatic carbocycles. The van der Waals surface area contributed by atoms with Crippen molar-refractivity contribution in [2.75, 3.05) is 7.11 Å². The Balaban J connectivity index is 1.37. The number of carbonyl (C=O) groups is 1. The highest BCUT2D eigenvalue weighted by molar-refractivity contribution is 5.76. The lowest BCUT2D eigenvalue weighted by Gasteiger charge is -2.28. The predicted octanol–water partition coefficient (Wildman–Crippen LogP) is 2.45. The Morgan fingerprint density at radius 3 is 2.69 bits per heavy atom. The van der Waals surface area contributed by atoms with E-state index in [0.29, 0.717) is 18.6 Å². The molecule has 7 heteroatoms. The van der Waals surface area contributed by atoms with E-state index < -0.39 is 0 Å². The highest BCUT2D eigenvalue weighted by Crippen LogP contribution is 2.20. The lowest BCUT2D eigenvalue weighted by molar-refractivity contribution is -0.122. The minimum Gasteiger partial charge on any atom is -0.381 e. The molecule has 1 heterocycles. The first-order valence-corrected chi connectivity index (χ1v) is 9.41. The highest BCUT2D eigenvalue weighted by atomic mass is 16.5. The molecule has 1 fully saturated rings. The van der Waals surface area contributed by atoms with E-state index in [9.17, 15) is 4.79 Å². The second-order valence-electron chi connectivity index (χ2n) is 6.83. The number of methoxy groups -OCH3 is 1. The van der Waals surface area contributed by atoms with E-state index in [4.69, 9.17) is 4.74 Å². The number of hydrogen-bond donors (Lipinski definition) is 1. The third-order valence-electron chi connectivity index (χ3n) is 4.96. The van der Waals surface area contributed by atoms with Crippen LogP contribution in [0.5, 0.6) is 0 Å². The molecule has 0 saturated heterocycles. The van der Waals surface area contributed by atoms with Crippen molar-refractivity contribution < 1.29 is 9.53 Å². The quantitative estimate of drug-likeness (QED) is 0.734. The van der Waals surface area contributed by atoms with Gasteiger partial charge >= 0.3 is 0 Å². The van der Waals surface area contributed by atoms with E-state index in [-0.39, 0.29) is 5.91 Å². The van der Waals surface area contributed by atoms with Gasteiger partial charge in [-0.15, -0.1) is 5.10 Å². The van der Waals surface area contributed by atoms with E-state index in [2.05, 4.69) is 20.8 Å². The molecule has 0 spiro atoms. The van der Waals surface area contributed by atoms with Crippen LogP contribution in [-0.4, -0.2) is 45.4 Å². The molecule has 3 rings (SSSR count). The normalized spacial score (nSPS) is 20.0. The first-order valence-electron chi connectivity index (χ1n) is 9.41. The monoisotopic (exact) mass is 357 g/mol. The van der Waals surface area contributed by atoms with Crippen LogP contribution in [-0.2, 0) is 16.0 Å². The zero-order valence-corrected chi connectivity index (χ0v) is 15.3. The van der Waals surface area contributed by atoms with Crippen molar-refractivity contribution in [3.05, 3.63) is 36.2 Å². The molecule has 0 atom stereocenters. The average Bonchev–Trinajstić information content (AvgIpc) is 3.15. The van der Waals surface area contributed by atoms with E-state index in [0.717, 1.165) is 56.5 Å². The van der Waals surface area contributed by atoms with Gasteiger partial charge in [0.1, 0.15) is 0 Å². The van der Waals surface area contributed by atoms with Crippen LogP contribution in [0.4, 0.5) is 0 Å². The zero-order valence-electron chi connectivity index (χ0n) is 15.3. The molecule has 1 aromatic carbocycles. The molecule has 0 unspecified atom stereocenters. The Morgan fingerprint density at radius 2 is 1.96 bits per heavy atom. The molecule has 140 valence electrons. The third kappa shape index (κ3) is 5.11. The highest BCUT2D eigenvalue weighted by Gasteiger charge is 2.21. The van der Waals surface area contributed by atoms with E-state index in [1.165, 1.54) is 0 Å². The van der Waals surface area contributed by atoms with Gasteiger partial charge in [-0.25, -0.2) is 0 Å². The third-order valence-corrected chi connectivity index (χ3v) is 4.96. The summed E-state index contributed by atoms with van der Waals surface area (Å²) in [4.78, 5) is 12.1. The van der Waals surface area contributed by atoms with Gasteiger partial charge < -0.3 is 10.1 Å². The molecule has 1 saturated carbocycles. The van der Waals surface area contributed by atoms with Crippen LogP contribution in [0.15, 0.2) is 30.3 Å². The summed E-state index contributed by atoms with van der Waals surface area (Å²) in [6.45, 7) is 0. The van der Waals surface area contributed by atoms with E-state index in [1.807, 2.05) is 30.3 Å². The standard InChI is InChI=1S/C19H27N5O2/c1-26-17-13-11-15(12-14-17)20-19(25)10-6-5-9-18-21-22-23-24(18)16-7-3-2-4-8-16/h2-4,7-8,15,17H,5-6,9-14H2,1H3,(H,20,25). The Kier molecular flexibility index (Phi) is 6.71. The number of ether oxygens (including phenoxy) is 1. The Labute approximate surface area is 154 Å². The van der Waals surface area contributed by atoms with Gasteiger partial charge in [0.25, 0.3) is 0 Å². The fraction of sp³-hybridized carbons (Fsp3) is 0.579. The van der Waals surface area contributed by atoms with Gasteiger partial charge in [0.05, 0.1) is 11.8 Å². The number of hydrogen-bond acceptors (Lipinski definition) is 5. The number of benzene rings is 1. The molecule has 0 bridgehead atoms. The number of amides is 1. The van der Waals surface area contributed by atoms with Crippen molar-refractivity contribution in [1.29, 1.82) is 0 Å². The van der Waals surface area contributed by atoms with Crippen LogP contribution in [0.25, 0.3) is 5.69 Å². The van der Waals surface area contributed by atoms with Gasteiger partial charge in [0.15, 0.2) is 5.82 Å². The van der Waals surface area contributed by atoms with Gasteiger partial charge in [-0.1, -0.05) is 18.2 Å². The summed E-state index contributed by atoms with van der Waals surface area (Å²) in [6, 6.07) is 10.2. The maximum atomic E-state index is 12.1. The topological polar surface area (TPSA) is 81.9 Å². The summed E-state index contributed by atoms with van der Waals surface area (Å²) in [5, 5.41) is 15.1. The smallest absolute Gasteiger partial charge is 0.220 e. The molecule has 1 N–H and O–H groups in total. The van der Waals surface area contributed by atoms with Gasteiger partial charge in [0.2, 0.25) is 5.91 Å². The summed E-state index contributed by atoms with van der Waals surface area (Å²) < 4.78 is 7.13. The fourth-order valence-corrected chi connectivity index (χ4v) is 3.44. The summed E-state index contributed by atoms with van der Waals surface area (Å²) in [6.07, 6.45) is 7.47. The second kappa shape index (κ2) is 9.43. The second-order valence-corrected chi connectivity index (χ2v) is 6.83. The summed E-state index contributed by atoms with van der Waals surface area (Å²) >= 11 is 0. The molecule has 2 aromatic rings. The SMILES string of the molecule is COC1CCC(NC(=O)CCCCc2nnnn2-c2ccccc2)CC1. The summed E-state index contributed by atoms with van der Waals surface area (Å²) in [7, 11) is 1.76. The number of rotatable bonds is 8. The summed E-state index contributed by atoms with van der Waals surface area (Å²) in [5.41, 5.74) is 0.955. The number of aromatic nitrogens is 4. The predicted molar refractivity (Wildman–Crippen MR) is 97.9 cm³/mol. The number of aryl methyl sites for hydroxylation is 1. The molecular formula is C19H27N5O2. The van der Waals surface area contributed by atoms with Crippen molar-refractivity contribution in [3.63, 3.8) is 0 Å². The van der Waals surface area contributed by atoms with Crippen LogP contribution in [0, 0.1) is 0 Å². The number of tetrazole rings is 1. The Hall–Kier alpha value is -2.28. The van der Waals surface area contributed by atoms with Gasteiger partial charge in [-0.05, 0) is 61.1 Å². The number of unbranched alkanes of at least 4 members (excludes halogenated alkanes) is 1. The van der Waals surface area contributed by atoms with Crippen LogP contribution >= 0.6 is 0 Å². The van der Waals surface area contributed by atoms with Crippen LogP contribution < -0.4 is 5.32 Å². The van der Waals surface area contributed by atoms with Crippen molar-refractivity contribution in [1.82, 2.24) is 25.5 Å². The maximum absolute atomic E-state index is 12.1. The van der Waals surface area contributed by atoms with Crippen molar-refractivity contribution >= 4 is 5.91 Å². The molecule has 0 aliphatic heterocycles. The Bertz CT molecular complexity index is 680. The average molecular weight is 357 g/mol. The Morgan fingerprint density at radius 1 is 1.19 bits per heavy atom. The molecule has 1 amide bonds. The van der Waals surface area contributed by atoms with Crippen LogP contribution in [0.2, 0.25) is 0 Å². The lowest BCUT2D eigenvalue weighted by atomic mass is 9.93. The minimum atomic E-state index is 0.147. The van der Waals surface area contributed by atoms with Gasteiger partial charge in [-0.2, -0.15) is 4.68 Å². The number of nitrogens with zero attached hydrogens (tertiary/aromatic N) is 4. The number of carbonyl (C=O) groups excluding carboxylic acids is 1. The number of para-hydroxylation sites is 1. The van der Waals surface area contributed by atoms with E-state index >= 15 is 0 Å². The first-order chi connectivity index (χ1) is 12.8. The molecule has 7 nitrogen and oxygen atoms in total. The van der Waals surface area contributed by atoms with E-state index in [1.54, 1.807) is 11.8 Å². The summed E-state index contributed by atoms with van der Waals surface area (Å²) in [5.74, 6) is 0.975. The van der Waals surface area contributed by atoms with Gasteiger partial charge in [-0.3, -0.25) is 4.79 Å². The van der Waals surface area contributed by atoms with Crippen molar-refractivity contribution in [2.24, 2.45) is 0 Å². The largest absolute Gasteiger partial charge is 0.381 e. The minimum absolute atomic E-state index is 0.147. The van der Waals surface area contributed by atoms with Crippen LogP contribution in [0.3, 0.4) is 0 Å². The van der Waals surface area contributed by atoms with Crippen molar-refractivity contribution in [3.8, 4) is 5.69 Å². The van der Waals surface area contributed by atoms with Crippen LogP contribution in [0.1, 0.15) is 50.8 Å². The maximum Gasteiger partial charge on any atom is 0.220 e. The molecule has 1 aromatic heterocycles. The van der Waals surface area contributed by atoms with Crippen molar-refractivity contribution in [2.45, 2.75) is 63.5 Å². The molecular weight excluding hydrogens is 330 g/mol. The first kappa shape index (κ1) is 18.5. The molecule has 26 heavy (non-hydrogen) atoms.